The lowest BCUT2D eigenvalue weighted by atomic mass is 10.2. The number of carbonyl (C=O) groups excluding carboxylic acids is 1. The molecule has 3 aromatic rings. The second kappa shape index (κ2) is 7.42. The van der Waals surface area contributed by atoms with Crippen LogP contribution in [0.3, 0.4) is 0 Å². The molecule has 0 spiro atoms. The highest BCUT2D eigenvalue weighted by Crippen LogP contribution is 2.26. The number of amides is 1. The standard InChI is InChI=1S/C18H18N2O3S/c1-12-15(20-18(23-12)16-7-4-8-24-16)10-17(21)19-14-6-3-5-13(9-14)11-22-2/h3-9H,10-11H2,1-2H3,(H,19,21). The third-order valence-electron chi connectivity index (χ3n) is 3.47. The fourth-order valence-electron chi connectivity index (χ4n) is 2.36. The Labute approximate surface area is 144 Å². The first kappa shape index (κ1) is 16.4. The molecule has 3 rings (SSSR count). The molecule has 1 N–H and O–H groups in total. The maximum Gasteiger partial charge on any atom is 0.236 e. The van der Waals surface area contributed by atoms with Crippen molar-refractivity contribution in [1.82, 2.24) is 4.98 Å². The van der Waals surface area contributed by atoms with E-state index in [0.29, 0.717) is 24.0 Å². The Balaban J connectivity index is 1.68. The van der Waals surface area contributed by atoms with Gasteiger partial charge in [0.25, 0.3) is 0 Å². The number of aryl methyl sites for hydroxylation is 1. The van der Waals surface area contributed by atoms with Crippen LogP contribution >= 0.6 is 11.3 Å². The average molecular weight is 342 g/mol. The average Bonchev–Trinajstić information content (AvgIpc) is 3.18. The van der Waals surface area contributed by atoms with E-state index in [-0.39, 0.29) is 12.3 Å². The summed E-state index contributed by atoms with van der Waals surface area (Å²) in [6.45, 7) is 2.34. The van der Waals surface area contributed by atoms with Crippen LogP contribution in [0.5, 0.6) is 0 Å². The number of aromatic nitrogens is 1. The second-order valence-corrected chi connectivity index (χ2v) is 6.31. The molecule has 5 nitrogen and oxygen atoms in total. The van der Waals surface area contributed by atoms with Crippen LogP contribution in [-0.4, -0.2) is 18.0 Å². The molecule has 0 atom stereocenters. The summed E-state index contributed by atoms with van der Waals surface area (Å²) < 4.78 is 10.8. The minimum atomic E-state index is -0.126. The highest BCUT2D eigenvalue weighted by molar-refractivity contribution is 7.13. The molecule has 0 aliphatic carbocycles. The molecule has 0 unspecified atom stereocenters. The number of hydrogen-bond acceptors (Lipinski definition) is 5. The van der Waals surface area contributed by atoms with Crippen molar-refractivity contribution in [3.63, 3.8) is 0 Å². The monoisotopic (exact) mass is 342 g/mol. The van der Waals surface area contributed by atoms with Crippen LogP contribution in [0.25, 0.3) is 10.8 Å². The number of ether oxygens (including phenoxy) is 1. The van der Waals surface area contributed by atoms with E-state index in [0.717, 1.165) is 16.1 Å². The zero-order valence-electron chi connectivity index (χ0n) is 13.5. The summed E-state index contributed by atoms with van der Waals surface area (Å²) in [6.07, 6.45) is 0.176. The normalized spacial score (nSPS) is 10.8. The number of nitrogens with one attached hydrogen (secondary N) is 1. The van der Waals surface area contributed by atoms with Crippen LogP contribution in [0, 0.1) is 6.92 Å². The third kappa shape index (κ3) is 3.90. The van der Waals surface area contributed by atoms with Gasteiger partial charge >= 0.3 is 0 Å². The minimum Gasteiger partial charge on any atom is -0.440 e. The Kier molecular flexibility index (Phi) is 5.08. The van der Waals surface area contributed by atoms with E-state index < -0.39 is 0 Å². The largest absolute Gasteiger partial charge is 0.440 e. The lowest BCUT2D eigenvalue weighted by Crippen LogP contribution is -2.15. The zero-order chi connectivity index (χ0) is 16.9. The number of nitrogens with zero attached hydrogens (tertiary/aromatic N) is 1. The van der Waals surface area contributed by atoms with E-state index >= 15 is 0 Å². The number of rotatable bonds is 6. The summed E-state index contributed by atoms with van der Waals surface area (Å²) in [4.78, 5) is 17.7. The molecule has 1 aromatic carbocycles. The molecule has 0 saturated heterocycles. The van der Waals surface area contributed by atoms with Crippen molar-refractivity contribution in [1.29, 1.82) is 0 Å². The Morgan fingerprint density at radius 3 is 2.96 bits per heavy atom. The topological polar surface area (TPSA) is 64.4 Å². The fraction of sp³-hybridized carbons (Fsp3) is 0.222. The molecule has 0 bridgehead atoms. The molecule has 0 aliphatic rings. The quantitative estimate of drug-likeness (QED) is 0.734. The molecule has 0 saturated carbocycles. The lowest BCUT2D eigenvalue weighted by Gasteiger charge is -2.06. The van der Waals surface area contributed by atoms with Gasteiger partial charge in [-0.3, -0.25) is 4.79 Å². The molecule has 0 fully saturated rings. The van der Waals surface area contributed by atoms with Gasteiger partial charge < -0.3 is 14.5 Å². The van der Waals surface area contributed by atoms with Crippen LogP contribution in [0.4, 0.5) is 5.69 Å². The van der Waals surface area contributed by atoms with Gasteiger partial charge in [-0.1, -0.05) is 18.2 Å². The molecular weight excluding hydrogens is 324 g/mol. The lowest BCUT2D eigenvalue weighted by molar-refractivity contribution is -0.115. The number of oxazole rings is 1. The van der Waals surface area contributed by atoms with Crippen molar-refractivity contribution < 1.29 is 13.9 Å². The van der Waals surface area contributed by atoms with Crippen molar-refractivity contribution in [2.75, 3.05) is 12.4 Å². The van der Waals surface area contributed by atoms with E-state index in [1.807, 2.05) is 48.7 Å². The van der Waals surface area contributed by atoms with Crippen molar-refractivity contribution in [3.05, 3.63) is 58.8 Å². The first-order valence-electron chi connectivity index (χ1n) is 7.53. The van der Waals surface area contributed by atoms with Crippen molar-refractivity contribution >= 4 is 22.9 Å². The summed E-state index contributed by atoms with van der Waals surface area (Å²) in [5, 5.41) is 4.85. The van der Waals surface area contributed by atoms with E-state index in [9.17, 15) is 4.79 Å². The number of benzene rings is 1. The van der Waals surface area contributed by atoms with Gasteiger partial charge in [-0.05, 0) is 36.1 Å². The fourth-order valence-corrected chi connectivity index (χ4v) is 3.01. The third-order valence-corrected chi connectivity index (χ3v) is 4.33. The van der Waals surface area contributed by atoms with Crippen LogP contribution in [0.2, 0.25) is 0 Å². The zero-order valence-corrected chi connectivity index (χ0v) is 14.4. The Hall–Kier alpha value is -2.44. The molecule has 1 amide bonds. The highest BCUT2D eigenvalue weighted by Gasteiger charge is 2.15. The smallest absolute Gasteiger partial charge is 0.236 e. The maximum atomic E-state index is 12.3. The summed E-state index contributed by atoms with van der Waals surface area (Å²) in [7, 11) is 1.64. The highest BCUT2D eigenvalue weighted by atomic mass is 32.1. The van der Waals surface area contributed by atoms with E-state index in [4.69, 9.17) is 9.15 Å². The Bertz CT molecular complexity index is 825. The summed E-state index contributed by atoms with van der Waals surface area (Å²) in [5.41, 5.74) is 2.41. The van der Waals surface area contributed by atoms with Crippen molar-refractivity contribution in [2.45, 2.75) is 20.0 Å². The minimum absolute atomic E-state index is 0.126. The summed E-state index contributed by atoms with van der Waals surface area (Å²) in [5.74, 6) is 1.10. The first-order chi connectivity index (χ1) is 11.7. The van der Waals surface area contributed by atoms with Gasteiger partial charge in [0, 0.05) is 12.8 Å². The molecule has 24 heavy (non-hydrogen) atoms. The number of carbonyl (C=O) groups is 1. The van der Waals surface area contributed by atoms with Crippen LogP contribution in [0.15, 0.2) is 46.2 Å². The van der Waals surface area contributed by atoms with Gasteiger partial charge in [-0.15, -0.1) is 11.3 Å². The molecule has 0 radical (unpaired) electrons. The van der Waals surface area contributed by atoms with Crippen molar-refractivity contribution in [3.8, 4) is 10.8 Å². The predicted molar refractivity (Wildman–Crippen MR) is 94.0 cm³/mol. The molecule has 2 aromatic heterocycles. The van der Waals surface area contributed by atoms with Gasteiger partial charge in [0.2, 0.25) is 11.8 Å². The van der Waals surface area contributed by atoms with Crippen LogP contribution < -0.4 is 5.32 Å². The van der Waals surface area contributed by atoms with Gasteiger partial charge in [0.15, 0.2) is 0 Å². The molecular formula is C18H18N2O3S. The number of anilines is 1. The van der Waals surface area contributed by atoms with E-state index in [2.05, 4.69) is 10.3 Å². The number of hydrogen-bond donors (Lipinski definition) is 1. The maximum absolute atomic E-state index is 12.3. The molecule has 124 valence electrons. The van der Waals surface area contributed by atoms with Crippen molar-refractivity contribution in [2.24, 2.45) is 0 Å². The molecule has 6 heteroatoms. The van der Waals surface area contributed by atoms with E-state index in [1.165, 1.54) is 0 Å². The van der Waals surface area contributed by atoms with Gasteiger partial charge in [0.1, 0.15) is 5.76 Å². The van der Waals surface area contributed by atoms with Gasteiger partial charge in [-0.2, -0.15) is 0 Å². The summed E-state index contributed by atoms with van der Waals surface area (Å²) >= 11 is 1.56. The molecule has 2 heterocycles. The SMILES string of the molecule is COCc1cccc(NC(=O)Cc2nc(-c3cccs3)oc2C)c1. The Morgan fingerprint density at radius 2 is 2.21 bits per heavy atom. The van der Waals surface area contributed by atoms with Crippen LogP contribution in [0.1, 0.15) is 17.0 Å². The second-order valence-electron chi connectivity index (χ2n) is 5.36. The first-order valence-corrected chi connectivity index (χ1v) is 8.41. The number of thiophene rings is 1. The van der Waals surface area contributed by atoms with E-state index in [1.54, 1.807) is 18.4 Å². The van der Waals surface area contributed by atoms with Crippen LogP contribution in [-0.2, 0) is 22.6 Å². The van der Waals surface area contributed by atoms with Gasteiger partial charge in [-0.25, -0.2) is 4.98 Å². The van der Waals surface area contributed by atoms with Gasteiger partial charge in [0.05, 0.1) is 23.6 Å². The molecule has 0 aliphatic heterocycles. The predicted octanol–water partition coefficient (Wildman–Crippen LogP) is 4.04. The Morgan fingerprint density at radius 1 is 1.33 bits per heavy atom. The number of methoxy groups -OCH3 is 1. The summed E-state index contributed by atoms with van der Waals surface area (Å²) in [6, 6.07) is 11.5.